The molecule has 2 N–H and O–H groups in total. The molecule has 0 aliphatic carbocycles. The Kier molecular flexibility index (Phi) is 8.66. The van der Waals surface area contributed by atoms with Gasteiger partial charge in [0.1, 0.15) is 12.4 Å². The summed E-state index contributed by atoms with van der Waals surface area (Å²) in [6.45, 7) is 6.65. The van der Waals surface area contributed by atoms with Crippen LogP contribution >= 0.6 is 11.3 Å². The first kappa shape index (κ1) is 24.5. The minimum atomic E-state index is -0.885. The molecule has 0 bridgehead atoms. The van der Waals surface area contributed by atoms with Gasteiger partial charge in [-0.3, -0.25) is 9.59 Å². The molecule has 174 valence electrons. The Balaban J connectivity index is 1.83. The summed E-state index contributed by atoms with van der Waals surface area (Å²) in [6, 6.07) is 17.1. The van der Waals surface area contributed by atoms with Gasteiger partial charge in [-0.05, 0) is 72.0 Å². The molecule has 5 nitrogen and oxygen atoms in total. The highest BCUT2D eigenvalue weighted by atomic mass is 32.1. The number of aliphatic carboxylic acids is 1. The average molecular weight is 466 g/mol. The van der Waals surface area contributed by atoms with Crippen molar-refractivity contribution in [1.82, 2.24) is 5.32 Å². The first-order valence-corrected chi connectivity index (χ1v) is 12.1. The minimum Gasteiger partial charge on any atom is -0.489 e. The number of ether oxygens (including phenoxy) is 1. The fourth-order valence-corrected chi connectivity index (χ4v) is 4.62. The van der Waals surface area contributed by atoms with Gasteiger partial charge in [-0.25, -0.2) is 0 Å². The molecule has 3 aromatic rings. The maximum Gasteiger partial charge on any atom is 0.303 e. The van der Waals surface area contributed by atoms with Gasteiger partial charge < -0.3 is 15.2 Å². The number of hydrogen-bond acceptors (Lipinski definition) is 4. The number of aryl methyl sites for hydroxylation is 2. The molecule has 2 aromatic carbocycles. The summed E-state index contributed by atoms with van der Waals surface area (Å²) in [5.41, 5.74) is 3.27. The molecule has 0 saturated carbocycles. The highest BCUT2D eigenvalue weighted by Gasteiger charge is 2.21. The van der Waals surface area contributed by atoms with Crippen LogP contribution in [0.3, 0.4) is 0 Å². The van der Waals surface area contributed by atoms with E-state index in [-0.39, 0.29) is 18.4 Å². The van der Waals surface area contributed by atoms with Gasteiger partial charge in [-0.1, -0.05) is 44.2 Å². The summed E-state index contributed by atoms with van der Waals surface area (Å²) in [5, 5.41) is 14.4. The van der Waals surface area contributed by atoms with Crippen LogP contribution < -0.4 is 10.1 Å². The van der Waals surface area contributed by atoms with Gasteiger partial charge in [-0.15, -0.1) is 11.3 Å². The Labute approximate surface area is 199 Å². The van der Waals surface area contributed by atoms with Crippen molar-refractivity contribution in [2.75, 3.05) is 0 Å². The molecule has 0 spiro atoms. The van der Waals surface area contributed by atoms with Crippen molar-refractivity contribution < 1.29 is 19.4 Å². The second-order valence-electron chi connectivity index (χ2n) is 8.67. The molecule has 1 amide bonds. The molecule has 6 heteroatoms. The van der Waals surface area contributed by atoms with Crippen molar-refractivity contribution in [2.24, 2.45) is 5.92 Å². The van der Waals surface area contributed by atoms with E-state index in [4.69, 9.17) is 9.84 Å². The van der Waals surface area contributed by atoms with E-state index in [0.717, 1.165) is 28.2 Å². The molecule has 33 heavy (non-hydrogen) atoms. The predicted molar refractivity (Wildman–Crippen MR) is 132 cm³/mol. The second-order valence-corrected chi connectivity index (χ2v) is 9.61. The fraction of sp³-hybridized carbons (Fsp3) is 0.333. The van der Waals surface area contributed by atoms with Crippen LogP contribution in [0.15, 0.2) is 60.0 Å². The van der Waals surface area contributed by atoms with Crippen molar-refractivity contribution in [1.29, 1.82) is 0 Å². The summed E-state index contributed by atoms with van der Waals surface area (Å²) in [5.74, 6) is 0.0940. The van der Waals surface area contributed by atoms with E-state index in [9.17, 15) is 9.59 Å². The van der Waals surface area contributed by atoms with E-state index >= 15 is 0 Å². The number of carbonyl (C=O) groups excluding carboxylic acids is 1. The van der Waals surface area contributed by atoms with Crippen LogP contribution in [-0.2, 0) is 17.8 Å². The lowest BCUT2D eigenvalue weighted by molar-refractivity contribution is -0.136. The van der Waals surface area contributed by atoms with E-state index in [2.05, 4.69) is 37.5 Å². The molecular formula is C27H31NO4S. The second kappa shape index (κ2) is 11.7. The van der Waals surface area contributed by atoms with Gasteiger partial charge in [0.25, 0.3) is 5.91 Å². The molecule has 0 aliphatic rings. The van der Waals surface area contributed by atoms with E-state index in [1.54, 1.807) is 11.3 Å². The lowest BCUT2D eigenvalue weighted by Gasteiger charge is -2.21. The molecule has 0 aliphatic heterocycles. The Morgan fingerprint density at radius 3 is 2.48 bits per heavy atom. The molecule has 1 heterocycles. The maximum absolute atomic E-state index is 13.4. The monoisotopic (exact) mass is 465 g/mol. The van der Waals surface area contributed by atoms with E-state index in [1.165, 1.54) is 5.56 Å². The lowest BCUT2D eigenvalue weighted by atomic mass is 9.97. The van der Waals surface area contributed by atoms with Gasteiger partial charge in [0, 0.05) is 16.9 Å². The number of carbonyl (C=O) groups is 2. The smallest absolute Gasteiger partial charge is 0.303 e. The zero-order chi connectivity index (χ0) is 23.8. The van der Waals surface area contributed by atoms with Crippen LogP contribution in [0, 0.1) is 12.8 Å². The number of benzene rings is 2. The molecule has 0 fully saturated rings. The molecule has 1 unspecified atom stereocenters. The number of rotatable bonds is 11. The van der Waals surface area contributed by atoms with Gasteiger partial charge in [0.2, 0.25) is 0 Å². The van der Waals surface area contributed by atoms with Gasteiger partial charge in [0.05, 0.1) is 6.04 Å². The third-order valence-corrected chi connectivity index (χ3v) is 6.45. The van der Waals surface area contributed by atoms with Crippen molar-refractivity contribution in [3.05, 3.63) is 87.1 Å². The Morgan fingerprint density at radius 1 is 1.09 bits per heavy atom. The van der Waals surface area contributed by atoms with Crippen LogP contribution in [0.2, 0.25) is 0 Å². The van der Waals surface area contributed by atoms with Crippen LogP contribution in [0.4, 0.5) is 0 Å². The molecule has 0 radical (unpaired) electrons. The Hall–Kier alpha value is -3.12. The number of hydrogen-bond donors (Lipinski definition) is 2. The van der Waals surface area contributed by atoms with E-state index < -0.39 is 5.97 Å². The maximum atomic E-state index is 13.4. The van der Waals surface area contributed by atoms with Crippen molar-refractivity contribution in [2.45, 2.75) is 52.7 Å². The summed E-state index contributed by atoms with van der Waals surface area (Å²) in [6.07, 6.45) is 1.09. The van der Waals surface area contributed by atoms with Crippen LogP contribution in [0.1, 0.15) is 64.7 Å². The summed E-state index contributed by atoms with van der Waals surface area (Å²) >= 11 is 1.65. The summed E-state index contributed by atoms with van der Waals surface area (Å²) in [4.78, 5) is 25.7. The van der Waals surface area contributed by atoms with Crippen LogP contribution in [0.25, 0.3) is 0 Å². The van der Waals surface area contributed by atoms with Gasteiger partial charge in [0.15, 0.2) is 0 Å². The first-order chi connectivity index (χ1) is 15.8. The zero-order valence-electron chi connectivity index (χ0n) is 19.3. The fourth-order valence-electron chi connectivity index (χ4n) is 3.66. The van der Waals surface area contributed by atoms with Gasteiger partial charge >= 0.3 is 5.97 Å². The molecule has 1 atom stereocenters. The SMILES string of the molecule is Cc1csc(C(CC(C)C)NC(=O)c2cc(COc3ccccc3)ccc2CCC(=O)O)c1. The number of carboxylic acids is 1. The Morgan fingerprint density at radius 2 is 1.85 bits per heavy atom. The quantitative estimate of drug-likeness (QED) is 0.355. The standard InChI is InChI=1S/C27H31NO4S/c1-18(2)13-24(25-14-19(3)17-33-25)28-27(31)23-15-20(9-10-21(23)11-12-26(29)30)16-32-22-7-5-4-6-8-22/h4-10,14-15,17-18,24H,11-13,16H2,1-3H3,(H,28,31)(H,29,30). The predicted octanol–water partition coefficient (Wildman–Crippen LogP) is 6.17. The van der Waals surface area contributed by atoms with Crippen LogP contribution in [0.5, 0.6) is 5.75 Å². The third-order valence-electron chi connectivity index (χ3n) is 5.28. The average Bonchev–Trinajstić information content (AvgIpc) is 3.22. The molecule has 3 rings (SSSR count). The molecule has 1 aromatic heterocycles. The van der Waals surface area contributed by atoms with Gasteiger partial charge in [-0.2, -0.15) is 0 Å². The first-order valence-electron chi connectivity index (χ1n) is 11.2. The summed E-state index contributed by atoms with van der Waals surface area (Å²) in [7, 11) is 0. The van der Waals surface area contributed by atoms with Crippen molar-refractivity contribution in [3.63, 3.8) is 0 Å². The van der Waals surface area contributed by atoms with Crippen LogP contribution in [-0.4, -0.2) is 17.0 Å². The number of carboxylic acid groups (broad SMARTS) is 1. The normalized spacial score (nSPS) is 11.9. The topological polar surface area (TPSA) is 75.6 Å². The molecular weight excluding hydrogens is 434 g/mol. The van der Waals surface area contributed by atoms with E-state index in [1.807, 2.05) is 48.5 Å². The number of nitrogens with one attached hydrogen (secondary N) is 1. The number of amides is 1. The molecule has 0 saturated heterocycles. The lowest BCUT2D eigenvalue weighted by Crippen LogP contribution is -2.30. The highest BCUT2D eigenvalue weighted by molar-refractivity contribution is 7.10. The third kappa shape index (κ3) is 7.46. The summed E-state index contributed by atoms with van der Waals surface area (Å²) < 4.78 is 5.85. The number of thiophene rings is 1. The highest BCUT2D eigenvalue weighted by Crippen LogP contribution is 2.28. The van der Waals surface area contributed by atoms with Crippen molar-refractivity contribution >= 4 is 23.2 Å². The zero-order valence-corrected chi connectivity index (χ0v) is 20.2. The largest absolute Gasteiger partial charge is 0.489 e. The minimum absolute atomic E-state index is 0.0281. The van der Waals surface area contributed by atoms with E-state index in [0.29, 0.717) is 24.5 Å². The number of para-hydroxylation sites is 1. The van der Waals surface area contributed by atoms with Crippen molar-refractivity contribution in [3.8, 4) is 5.75 Å². The Bertz CT molecular complexity index is 1070.